The Bertz CT molecular complexity index is 972. The average Bonchev–Trinajstić information content (AvgIpc) is 3.53. The van der Waals surface area contributed by atoms with E-state index in [9.17, 15) is 10.4 Å². The molecule has 0 aliphatic heterocycles. The first kappa shape index (κ1) is 21.2. The van der Waals surface area contributed by atoms with Gasteiger partial charge in [0.2, 0.25) is 5.96 Å². The first-order valence-corrected chi connectivity index (χ1v) is 11.0. The number of likely N-dealkylation sites (N-methyl/N-ethyl adjacent to an activating group) is 1. The molecule has 0 spiro atoms. The molecule has 2 aliphatic rings. The summed E-state index contributed by atoms with van der Waals surface area (Å²) in [7, 11) is 4.19. The molecule has 0 bridgehead atoms. The molecule has 2 aliphatic carbocycles. The van der Waals surface area contributed by atoms with Gasteiger partial charge in [-0.15, -0.1) is 0 Å². The monoisotopic (exact) mass is 417 g/mol. The van der Waals surface area contributed by atoms with Crippen molar-refractivity contribution in [2.75, 3.05) is 14.1 Å². The SMILES string of the molecule is CN(C)C(Cc1ccc(O)cc1)C1(NC(=N[C@H]2CCc3ccccc3C2)NC#N)CC1. The summed E-state index contributed by atoms with van der Waals surface area (Å²) in [5.41, 5.74) is 3.84. The highest BCUT2D eigenvalue weighted by molar-refractivity contribution is 5.82. The lowest BCUT2D eigenvalue weighted by atomic mass is 9.89. The average molecular weight is 418 g/mol. The van der Waals surface area contributed by atoms with Crippen LogP contribution in [0, 0.1) is 11.5 Å². The number of aromatic hydroxyl groups is 1. The summed E-state index contributed by atoms with van der Waals surface area (Å²) in [5.74, 6) is 0.869. The zero-order valence-corrected chi connectivity index (χ0v) is 18.3. The normalized spacial score (nSPS) is 20.5. The number of guanidine groups is 1. The third kappa shape index (κ3) is 5.00. The number of phenolic OH excluding ortho intramolecular Hbond substituents is 1. The Labute approximate surface area is 184 Å². The van der Waals surface area contributed by atoms with Gasteiger partial charge in [0.05, 0.1) is 11.6 Å². The number of aliphatic imine (C=N–C) groups is 1. The number of phenols is 1. The van der Waals surface area contributed by atoms with Gasteiger partial charge in [0, 0.05) is 6.04 Å². The zero-order valence-electron chi connectivity index (χ0n) is 18.3. The molecule has 3 N–H and O–H groups in total. The summed E-state index contributed by atoms with van der Waals surface area (Å²) in [4.78, 5) is 7.17. The zero-order chi connectivity index (χ0) is 21.8. The Kier molecular flexibility index (Phi) is 6.15. The smallest absolute Gasteiger partial charge is 0.205 e. The van der Waals surface area contributed by atoms with Gasteiger partial charge in [-0.3, -0.25) is 5.32 Å². The molecule has 1 unspecified atom stereocenters. The topological polar surface area (TPSA) is 83.7 Å². The molecule has 2 aromatic rings. The van der Waals surface area contributed by atoms with Gasteiger partial charge in [0.15, 0.2) is 6.19 Å². The molecule has 6 heteroatoms. The lowest BCUT2D eigenvalue weighted by Gasteiger charge is -2.34. The number of nitriles is 1. The van der Waals surface area contributed by atoms with Crippen molar-refractivity contribution in [3.63, 3.8) is 0 Å². The molecule has 1 fully saturated rings. The Morgan fingerprint density at radius 2 is 1.90 bits per heavy atom. The van der Waals surface area contributed by atoms with Crippen LogP contribution in [0.25, 0.3) is 0 Å². The summed E-state index contributed by atoms with van der Waals surface area (Å²) in [6, 6.07) is 16.4. The molecule has 6 nitrogen and oxygen atoms in total. The van der Waals surface area contributed by atoms with E-state index in [1.807, 2.05) is 12.1 Å². The van der Waals surface area contributed by atoms with Gasteiger partial charge in [0.25, 0.3) is 0 Å². The maximum absolute atomic E-state index is 9.59. The molecule has 0 aromatic heterocycles. The number of hydrogen-bond donors (Lipinski definition) is 3. The Morgan fingerprint density at radius 1 is 1.19 bits per heavy atom. The number of nitrogens with zero attached hydrogens (tertiary/aromatic N) is 3. The minimum atomic E-state index is -0.114. The van der Waals surface area contributed by atoms with Crippen LogP contribution in [0.1, 0.15) is 36.0 Å². The lowest BCUT2D eigenvalue weighted by Crippen LogP contribution is -2.55. The molecular weight excluding hydrogens is 386 g/mol. The minimum Gasteiger partial charge on any atom is -0.508 e. The van der Waals surface area contributed by atoms with Crippen molar-refractivity contribution in [2.24, 2.45) is 4.99 Å². The highest BCUT2D eigenvalue weighted by atomic mass is 16.3. The Hall–Kier alpha value is -3.04. The molecule has 0 radical (unpaired) electrons. The predicted octanol–water partition coefficient (Wildman–Crippen LogP) is 2.97. The van der Waals surface area contributed by atoms with Crippen LogP contribution in [0.4, 0.5) is 0 Å². The summed E-state index contributed by atoms with van der Waals surface area (Å²) in [6.45, 7) is 0. The summed E-state index contributed by atoms with van der Waals surface area (Å²) >= 11 is 0. The van der Waals surface area contributed by atoms with E-state index in [2.05, 4.69) is 60.1 Å². The Balaban J connectivity index is 1.50. The minimum absolute atomic E-state index is 0.114. The van der Waals surface area contributed by atoms with Crippen molar-refractivity contribution in [3.8, 4) is 11.9 Å². The molecular formula is C25H31N5O. The second-order valence-electron chi connectivity index (χ2n) is 9.01. The van der Waals surface area contributed by atoms with Gasteiger partial charge in [-0.2, -0.15) is 5.26 Å². The van der Waals surface area contributed by atoms with Crippen LogP contribution in [0.15, 0.2) is 53.5 Å². The molecule has 0 heterocycles. The fraction of sp³-hybridized carbons (Fsp3) is 0.440. The predicted molar refractivity (Wildman–Crippen MR) is 123 cm³/mol. The molecule has 4 rings (SSSR count). The third-order valence-corrected chi connectivity index (χ3v) is 6.59. The molecule has 0 saturated heterocycles. The highest BCUT2D eigenvalue weighted by Crippen LogP contribution is 2.42. The van der Waals surface area contributed by atoms with Gasteiger partial charge in [-0.25, -0.2) is 4.99 Å². The van der Waals surface area contributed by atoms with Crippen LogP contribution in [0.3, 0.4) is 0 Å². The quantitative estimate of drug-likeness (QED) is 0.291. The fourth-order valence-corrected chi connectivity index (χ4v) is 4.76. The second kappa shape index (κ2) is 8.99. The van der Waals surface area contributed by atoms with Crippen molar-refractivity contribution in [1.82, 2.24) is 15.5 Å². The van der Waals surface area contributed by atoms with Crippen molar-refractivity contribution in [2.45, 2.75) is 56.1 Å². The number of hydrogen-bond acceptors (Lipinski definition) is 4. The first-order valence-electron chi connectivity index (χ1n) is 11.0. The van der Waals surface area contributed by atoms with Crippen LogP contribution >= 0.6 is 0 Å². The van der Waals surface area contributed by atoms with E-state index in [1.165, 1.54) is 16.7 Å². The molecule has 31 heavy (non-hydrogen) atoms. The van der Waals surface area contributed by atoms with Gasteiger partial charge < -0.3 is 15.3 Å². The number of benzene rings is 2. The van der Waals surface area contributed by atoms with E-state index in [-0.39, 0.29) is 23.4 Å². The summed E-state index contributed by atoms with van der Waals surface area (Å²) in [6.07, 6.45) is 7.92. The van der Waals surface area contributed by atoms with Crippen LogP contribution in [0.5, 0.6) is 5.75 Å². The van der Waals surface area contributed by atoms with Crippen molar-refractivity contribution in [1.29, 1.82) is 5.26 Å². The fourth-order valence-electron chi connectivity index (χ4n) is 4.76. The third-order valence-electron chi connectivity index (χ3n) is 6.59. The lowest BCUT2D eigenvalue weighted by molar-refractivity contribution is 0.226. The van der Waals surface area contributed by atoms with Crippen LogP contribution < -0.4 is 10.6 Å². The molecule has 2 aromatic carbocycles. The van der Waals surface area contributed by atoms with Gasteiger partial charge in [0.1, 0.15) is 5.75 Å². The Morgan fingerprint density at radius 3 is 2.55 bits per heavy atom. The number of fused-ring (bicyclic) bond motifs is 1. The first-order chi connectivity index (χ1) is 15.0. The molecule has 2 atom stereocenters. The largest absolute Gasteiger partial charge is 0.508 e. The molecule has 162 valence electrons. The van der Waals surface area contributed by atoms with Crippen molar-refractivity contribution in [3.05, 3.63) is 65.2 Å². The summed E-state index contributed by atoms with van der Waals surface area (Å²) < 4.78 is 0. The van der Waals surface area contributed by atoms with Crippen LogP contribution in [-0.4, -0.2) is 47.7 Å². The maximum atomic E-state index is 9.59. The summed E-state index contributed by atoms with van der Waals surface area (Å²) in [5, 5.41) is 25.3. The van der Waals surface area contributed by atoms with E-state index in [0.717, 1.165) is 38.5 Å². The van der Waals surface area contributed by atoms with E-state index in [4.69, 9.17) is 4.99 Å². The maximum Gasteiger partial charge on any atom is 0.205 e. The standard InChI is InChI=1S/C25H31N5O/c1-30(2)23(15-18-7-11-22(31)12-8-18)25(13-14-25)29-24(27-17-26)28-21-10-9-19-5-3-4-6-20(19)16-21/h3-8,11-12,21,23,31H,9-10,13-16H2,1-2H3,(H2,27,28,29)/t21-,23?/m0/s1. The van der Waals surface area contributed by atoms with Gasteiger partial charge >= 0.3 is 0 Å². The van der Waals surface area contributed by atoms with E-state index in [1.54, 1.807) is 12.1 Å². The number of nitrogens with one attached hydrogen (secondary N) is 2. The molecule has 0 amide bonds. The number of rotatable bonds is 6. The van der Waals surface area contributed by atoms with Gasteiger partial charge in [-0.1, -0.05) is 36.4 Å². The van der Waals surface area contributed by atoms with E-state index in [0.29, 0.717) is 5.96 Å². The van der Waals surface area contributed by atoms with Crippen LogP contribution in [-0.2, 0) is 19.3 Å². The van der Waals surface area contributed by atoms with E-state index < -0.39 is 0 Å². The second-order valence-corrected chi connectivity index (χ2v) is 9.01. The van der Waals surface area contributed by atoms with Gasteiger partial charge in [-0.05, 0) is 81.4 Å². The van der Waals surface area contributed by atoms with E-state index >= 15 is 0 Å². The van der Waals surface area contributed by atoms with Crippen molar-refractivity contribution >= 4 is 5.96 Å². The highest BCUT2D eigenvalue weighted by Gasteiger charge is 2.51. The number of aryl methyl sites for hydroxylation is 1. The van der Waals surface area contributed by atoms with Crippen LogP contribution in [0.2, 0.25) is 0 Å². The molecule has 1 saturated carbocycles. The van der Waals surface area contributed by atoms with Crippen molar-refractivity contribution < 1.29 is 5.11 Å².